The first-order valence-corrected chi connectivity index (χ1v) is 7.27. The minimum absolute atomic E-state index is 0.0707. The van der Waals surface area contributed by atoms with Gasteiger partial charge in [0, 0.05) is 26.0 Å². The van der Waals surface area contributed by atoms with Gasteiger partial charge in [-0.15, -0.1) is 6.58 Å². The highest BCUT2D eigenvalue weighted by Crippen LogP contribution is 2.37. The fraction of sp³-hybridized carbons (Fsp3) is 0.235. The maximum Gasteiger partial charge on any atom is 0.261 e. The van der Waals surface area contributed by atoms with Crippen molar-refractivity contribution in [3.63, 3.8) is 0 Å². The highest BCUT2D eigenvalue weighted by Gasteiger charge is 2.30. The van der Waals surface area contributed by atoms with Gasteiger partial charge in [0.15, 0.2) is 5.82 Å². The van der Waals surface area contributed by atoms with Gasteiger partial charge in [0.25, 0.3) is 5.91 Å². The largest absolute Gasteiger partial charge is 0.309 e. The number of aromatic nitrogens is 2. The Morgan fingerprint density at radius 1 is 1.50 bits per heavy atom. The van der Waals surface area contributed by atoms with Crippen LogP contribution in [0.2, 0.25) is 0 Å². The van der Waals surface area contributed by atoms with Gasteiger partial charge in [0.05, 0.1) is 11.3 Å². The predicted octanol–water partition coefficient (Wildman–Crippen LogP) is 2.95. The number of allylic oxidation sites excluding steroid dienone is 1. The van der Waals surface area contributed by atoms with Crippen LogP contribution < -0.4 is 9.80 Å². The summed E-state index contributed by atoms with van der Waals surface area (Å²) >= 11 is 0. The number of nitrogens with zero attached hydrogens (tertiary/aromatic N) is 4. The summed E-state index contributed by atoms with van der Waals surface area (Å²) in [6, 6.07) is 5.64. The van der Waals surface area contributed by atoms with Crippen LogP contribution in [0.3, 0.4) is 0 Å². The lowest BCUT2D eigenvalue weighted by molar-refractivity contribution is 0.0994. The van der Waals surface area contributed by atoms with Crippen molar-refractivity contribution in [2.45, 2.75) is 13.3 Å². The molecule has 0 aliphatic carbocycles. The smallest absolute Gasteiger partial charge is 0.261 e. The fourth-order valence-electron chi connectivity index (χ4n) is 2.70. The lowest BCUT2D eigenvalue weighted by Gasteiger charge is -2.22. The van der Waals surface area contributed by atoms with Crippen molar-refractivity contribution in [3.8, 4) is 0 Å². The number of fused-ring (bicyclic) bond motifs is 2. The Hall–Kier alpha value is -2.69. The van der Waals surface area contributed by atoms with Crippen molar-refractivity contribution in [1.82, 2.24) is 9.97 Å². The van der Waals surface area contributed by atoms with Crippen LogP contribution in [0, 0.1) is 0 Å². The minimum atomic E-state index is -0.0707. The molecule has 5 nitrogen and oxygen atoms in total. The van der Waals surface area contributed by atoms with Gasteiger partial charge in [-0.05, 0) is 37.1 Å². The molecule has 2 aromatic heterocycles. The van der Waals surface area contributed by atoms with Gasteiger partial charge in [-0.3, -0.25) is 4.79 Å². The van der Waals surface area contributed by atoms with E-state index < -0.39 is 0 Å². The highest BCUT2D eigenvalue weighted by atomic mass is 16.2. The SMILES string of the molecule is C=CCc1cnc2c(c1)C(=O)N(C)c1cc[14cH]n[14c]1N2CC. The molecule has 3 heterocycles. The van der Waals surface area contributed by atoms with Crippen molar-refractivity contribution >= 4 is 23.2 Å². The Bertz CT molecular complexity index is 741. The fourth-order valence-corrected chi connectivity index (χ4v) is 2.70. The van der Waals surface area contributed by atoms with Crippen LogP contribution in [0.15, 0.2) is 43.2 Å². The van der Waals surface area contributed by atoms with E-state index in [4.69, 9.17) is 0 Å². The Balaban J connectivity index is 2.24. The number of hydrogen-bond donors (Lipinski definition) is 0. The quantitative estimate of drug-likeness (QED) is 0.817. The maximum absolute atomic E-state index is 12.8. The first-order valence-electron chi connectivity index (χ1n) is 7.27. The number of rotatable bonds is 3. The van der Waals surface area contributed by atoms with E-state index in [1.54, 1.807) is 24.3 Å². The number of carbonyl (C=O) groups is 1. The first-order chi connectivity index (χ1) is 10.7. The van der Waals surface area contributed by atoms with Crippen molar-refractivity contribution in [3.05, 3.63) is 54.4 Å². The molecule has 0 radical (unpaired) electrons. The summed E-state index contributed by atoms with van der Waals surface area (Å²) in [5, 5.41) is 0. The monoisotopic (exact) mass is 298 g/mol. The van der Waals surface area contributed by atoms with Gasteiger partial charge in [0.1, 0.15) is 5.82 Å². The molecule has 2 aromatic rings. The van der Waals surface area contributed by atoms with Gasteiger partial charge < -0.3 is 9.80 Å². The third kappa shape index (κ3) is 2.15. The zero-order chi connectivity index (χ0) is 15.7. The molecule has 0 N–H and O–H groups in total. The van der Waals surface area contributed by atoms with Crippen LogP contribution in [-0.4, -0.2) is 29.5 Å². The summed E-state index contributed by atoms with van der Waals surface area (Å²) in [5.74, 6) is 1.34. The minimum Gasteiger partial charge on any atom is -0.309 e. The average Bonchev–Trinajstić information content (AvgIpc) is 2.63. The Morgan fingerprint density at radius 3 is 3.05 bits per heavy atom. The number of carbonyl (C=O) groups excluding carboxylic acids is 1. The Morgan fingerprint density at radius 2 is 2.32 bits per heavy atom. The molecule has 0 unspecified atom stereocenters. The van der Waals surface area contributed by atoms with E-state index in [1.165, 1.54) is 0 Å². The molecule has 0 spiro atoms. The average molecular weight is 298 g/mol. The third-order valence-electron chi connectivity index (χ3n) is 3.79. The second-order valence-corrected chi connectivity index (χ2v) is 5.16. The van der Waals surface area contributed by atoms with Gasteiger partial charge >= 0.3 is 0 Å². The molecule has 3 rings (SSSR count). The molecule has 0 saturated carbocycles. The molecule has 1 aliphatic heterocycles. The number of pyridine rings is 2. The third-order valence-corrected chi connectivity index (χ3v) is 3.79. The lowest BCUT2D eigenvalue weighted by Crippen LogP contribution is -2.25. The molecular weight excluding hydrogens is 280 g/mol. The van der Waals surface area contributed by atoms with E-state index in [9.17, 15) is 4.79 Å². The topological polar surface area (TPSA) is 49.3 Å². The van der Waals surface area contributed by atoms with E-state index in [0.717, 1.165) is 17.1 Å². The molecule has 1 aliphatic rings. The van der Waals surface area contributed by atoms with Crippen molar-refractivity contribution < 1.29 is 4.79 Å². The van der Waals surface area contributed by atoms with E-state index >= 15 is 0 Å². The molecule has 22 heavy (non-hydrogen) atoms. The zero-order valence-electron chi connectivity index (χ0n) is 12.8. The van der Waals surface area contributed by atoms with Gasteiger partial charge in [-0.1, -0.05) is 6.08 Å². The summed E-state index contributed by atoms with van der Waals surface area (Å²) in [5.41, 5.74) is 2.37. The lowest BCUT2D eigenvalue weighted by atomic mass is 10.1. The number of anilines is 3. The van der Waals surface area contributed by atoms with Crippen LogP contribution in [-0.2, 0) is 6.42 Å². The Labute approximate surface area is 129 Å². The molecule has 0 fully saturated rings. The van der Waals surface area contributed by atoms with Crippen molar-refractivity contribution in [1.29, 1.82) is 0 Å². The van der Waals surface area contributed by atoms with E-state index in [-0.39, 0.29) is 5.91 Å². The van der Waals surface area contributed by atoms with E-state index in [2.05, 4.69) is 16.5 Å². The molecular formula is C17H18N4O. The summed E-state index contributed by atoms with van der Waals surface area (Å²) in [6.07, 6.45) is 6.03. The van der Waals surface area contributed by atoms with Crippen LogP contribution in [0.5, 0.6) is 0 Å². The van der Waals surface area contributed by atoms with Crippen LogP contribution in [0.4, 0.5) is 17.3 Å². The molecule has 0 saturated heterocycles. The second-order valence-electron chi connectivity index (χ2n) is 5.16. The van der Waals surface area contributed by atoms with Gasteiger partial charge in [0.2, 0.25) is 0 Å². The summed E-state index contributed by atoms with van der Waals surface area (Å²) in [4.78, 5) is 25.4. The standard InChI is InChI=1S/C17H18N4O/c1-4-7-12-10-13-15(19-11-12)21(5-2)16-14(8-6-9-18-16)20(3)17(13)22/h4,6,8-11H,1,5,7H2,2-3H3/i9+2,16+2. The van der Waals surface area contributed by atoms with Crippen LogP contribution >= 0.6 is 0 Å². The summed E-state index contributed by atoms with van der Waals surface area (Å²) < 4.78 is 0. The molecule has 5 heteroatoms. The zero-order valence-corrected chi connectivity index (χ0v) is 12.8. The molecule has 1 amide bonds. The highest BCUT2D eigenvalue weighted by molar-refractivity contribution is 6.12. The van der Waals surface area contributed by atoms with Gasteiger partial charge in [-0.25, -0.2) is 9.97 Å². The van der Waals surface area contributed by atoms with Gasteiger partial charge in [-0.2, -0.15) is 0 Å². The van der Waals surface area contributed by atoms with Crippen LogP contribution in [0.25, 0.3) is 0 Å². The van der Waals surface area contributed by atoms with Crippen molar-refractivity contribution in [2.24, 2.45) is 0 Å². The van der Waals surface area contributed by atoms with Crippen molar-refractivity contribution in [2.75, 3.05) is 23.4 Å². The summed E-state index contributed by atoms with van der Waals surface area (Å²) in [6.45, 7) is 6.45. The summed E-state index contributed by atoms with van der Waals surface area (Å²) in [7, 11) is 1.77. The van der Waals surface area contributed by atoms with Crippen LogP contribution in [0.1, 0.15) is 22.8 Å². The molecule has 0 atom stereocenters. The second kappa shape index (κ2) is 5.60. The molecule has 0 bridgehead atoms. The maximum atomic E-state index is 12.8. The number of amides is 1. The molecule has 112 valence electrons. The predicted molar refractivity (Wildman–Crippen MR) is 87.8 cm³/mol. The normalized spacial score (nSPS) is 13.5. The Kier molecular flexibility index (Phi) is 3.63. The first kappa shape index (κ1) is 14.3. The number of hydrogen-bond acceptors (Lipinski definition) is 4. The molecule has 0 aromatic carbocycles. The van der Waals surface area contributed by atoms with E-state index in [1.807, 2.05) is 36.1 Å². The van der Waals surface area contributed by atoms with E-state index in [0.29, 0.717) is 24.3 Å².